The number of nitrogens with zero attached hydrogens (tertiary/aromatic N) is 1. The highest BCUT2D eigenvalue weighted by molar-refractivity contribution is 6.42. The molecule has 1 fully saturated rings. The summed E-state index contributed by atoms with van der Waals surface area (Å²) in [5.41, 5.74) is 0.685. The van der Waals surface area contributed by atoms with Gasteiger partial charge in [0.1, 0.15) is 17.3 Å². The second kappa shape index (κ2) is 6.91. The van der Waals surface area contributed by atoms with Crippen LogP contribution in [0.1, 0.15) is 31.2 Å². The fourth-order valence-electron chi connectivity index (χ4n) is 3.54. The third-order valence-electron chi connectivity index (χ3n) is 4.85. The van der Waals surface area contributed by atoms with Crippen LogP contribution >= 0.6 is 23.2 Å². The Balaban J connectivity index is 2.04. The third-order valence-corrected chi connectivity index (χ3v) is 5.59. The molecule has 2 aromatic carbocycles. The van der Waals surface area contributed by atoms with E-state index in [4.69, 9.17) is 27.9 Å². The van der Waals surface area contributed by atoms with Crippen LogP contribution in [0.2, 0.25) is 10.0 Å². The molecule has 0 amide bonds. The molecule has 5 heteroatoms. The van der Waals surface area contributed by atoms with E-state index < -0.39 is 0 Å². The van der Waals surface area contributed by atoms with Gasteiger partial charge in [0.05, 0.1) is 10.0 Å². The van der Waals surface area contributed by atoms with Gasteiger partial charge in [-0.1, -0.05) is 36.0 Å². The standard InChI is InChI=1S/C19H20Cl2FNO/c1-23(2)19(9-3-4-10-19)15-11-13(22)5-8-18(15)24-14-6-7-16(20)17(21)12-14/h5-8,11-12H,3-4,9-10H2,1-2H3. The van der Waals surface area contributed by atoms with E-state index in [0.29, 0.717) is 21.5 Å². The summed E-state index contributed by atoms with van der Waals surface area (Å²) < 4.78 is 20.0. The van der Waals surface area contributed by atoms with Crippen molar-refractivity contribution in [2.75, 3.05) is 14.1 Å². The van der Waals surface area contributed by atoms with Crippen molar-refractivity contribution in [1.29, 1.82) is 0 Å². The minimum atomic E-state index is -0.250. The summed E-state index contributed by atoms with van der Waals surface area (Å²) in [5, 5.41) is 0.907. The molecule has 0 N–H and O–H groups in total. The SMILES string of the molecule is CN(C)C1(c2cc(F)ccc2Oc2ccc(Cl)c(Cl)c2)CCCC1. The van der Waals surface area contributed by atoms with E-state index in [-0.39, 0.29) is 11.4 Å². The van der Waals surface area contributed by atoms with Gasteiger partial charge < -0.3 is 4.74 Å². The molecule has 2 nitrogen and oxygen atoms in total. The minimum absolute atomic E-state index is 0.201. The van der Waals surface area contributed by atoms with Gasteiger partial charge in [0.2, 0.25) is 0 Å². The molecular formula is C19H20Cl2FNO. The van der Waals surface area contributed by atoms with Crippen molar-refractivity contribution in [2.24, 2.45) is 0 Å². The smallest absolute Gasteiger partial charge is 0.132 e. The predicted molar refractivity (Wildman–Crippen MR) is 96.8 cm³/mol. The molecule has 1 saturated carbocycles. The maximum atomic E-state index is 14.0. The zero-order valence-electron chi connectivity index (χ0n) is 13.8. The van der Waals surface area contributed by atoms with E-state index in [1.165, 1.54) is 6.07 Å². The Morgan fingerprint density at radius 1 is 1.00 bits per heavy atom. The minimum Gasteiger partial charge on any atom is -0.457 e. The summed E-state index contributed by atoms with van der Waals surface area (Å²) in [6.45, 7) is 0. The molecule has 1 aliphatic rings. The molecular weight excluding hydrogens is 348 g/mol. The van der Waals surface area contributed by atoms with Gasteiger partial charge in [0.25, 0.3) is 0 Å². The molecule has 3 rings (SSSR count). The lowest BCUT2D eigenvalue weighted by Gasteiger charge is -2.38. The van der Waals surface area contributed by atoms with Crippen LogP contribution in [0.25, 0.3) is 0 Å². The fourth-order valence-corrected chi connectivity index (χ4v) is 3.83. The van der Waals surface area contributed by atoms with Crippen molar-refractivity contribution in [3.63, 3.8) is 0 Å². The van der Waals surface area contributed by atoms with Gasteiger partial charge in [-0.2, -0.15) is 0 Å². The van der Waals surface area contributed by atoms with Crippen molar-refractivity contribution in [1.82, 2.24) is 4.90 Å². The molecule has 1 aliphatic carbocycles. The maximum Gasteiger partial charge on any atom is 0.132 e. The van der Waals surface area contributed by atoms with Crippen LogP contribution in [-0.2, 0) is 5.54 Å². The van der Waals surface area contributed by atoms with Gasteiger partial charge in [0.15, 0.2) is 0 Å². The number of benzene rings is 2. The highest BCUT2D eigenvalue weighted by Crippen LogP contribution is 2.47. The largest absolute Gasteiger partial charge is 0.457 e. The molecule has 0 bridgehead atoms. The van der Waals surface area contributed by atoms with Crippen LogP contribution in [0, 0.1) is 5.82 Å². The first-order valence-corrected chi connectivity index (χ1v) is 8.78. The van der Waals surface area contributed by atoms with Gasteiger partial charge in [0, 0.05) is 17.2 Å². The van der Waals surface area contributed by atoms with Crippen molar-refractivity contribution < 1.29 is 9.13 Å². The molecule has 0 unspecified atom stereocenters. The zero-order valence-corrected chi connectivity index (χ0v) is 15.3. The van der Waals surface area contributed by atoms with E-state index in [1.54, 1.807) is 30.3 Å². The number of ether oxygens (including phenoxy) is 1. The summed E-state index contributed by atoms with van der Waals surface area (Å²) in [7, 11) is 4.08. The highest BCUT2D eigenvalue weighted by atomic mass is 35.5. The first-order chi connectivity index (χ1) is 11.4. The molecule has 128 valence electrons. The van der Waals surface area contributed by atoms with Crippen molar-refractivity contribution in [3.8, 4) is 11.5 Å². The molecule has 0 spiro atoms. The first-order valence-electron chi connectivity index (χ1n) is 8.03. The number of hydrogen-bond acceptors (Lipinski definition) is 2. The number of halogens is 3. The predicted octanol–water partition coefficient (Wildman–Crippen LogP) is 6.26. The molecule has 0 saturated heterocycles. The fraction of sp³-hybridized carbons (Fsp3) is 0.368. The average Bonchev–Trinajstić information content (AvgIpc) is 3.03. The lowest BCUT2D eigenvalue weighted by Crippen LogP contribution is -2.39. The van der Waals surface area contributed by atoms with Crippen molar-refractivity contribution >= 4 is 23.2 Å². The van der Waals surface area contributed by atoms with Crippen LogP contribution < -0.4 is 4.74 Å². The van der Waals surface area contributed by atoms with Crippen LogP contribution in [-0.4, -0.2) is 19.0 Å². The van der Waals surface area contributed by atoms with Crippen molar-refractivity contribution in [3.05, 3.63) is 57.8 Å². The van der Waals surface area contributed by atoms with E-state index in [2.05, 4.69) is 4.90 Å². The quantitative estimate of drug-likeness (QED) is 0.632. The van der Waals surface area contributed by atoms with Crippen LogP contribution in [0.3, 0.4) is 0 Å². The summed E-state index contributed by atoms with van der Waals surface area (Å²) in [4.78, 5) is 2.18. The summed E-state index contributed by atoms with van der Waals surface area (Å²) >= 11 is 12.0. The average molecular weight is 368 g/mol. The van der Waals surface area contributed by atoms with E-state index >= 15 is 0 Å². The molecule has 0 atom stereocenters. The first kappa shape index (κ1) is 17.5. The van der Waals surface area contributed by atoms with Gasteiger partial charge in [-0.15, -0.1) is 0 Å². The summed E-state index contributed by atoms with van der Waals surface area (Å²) in [5.74, 6) is 0.995. The summed E-state index contributed by atoms with van der Waals surface area (Å²) in [6, 6.07) is 9.84. The Morgan fingerprint density at radius 2 is 1.71 bits per heavy atom. The lowest BCUT2D eigenvalue weighted by molar-refractivity contribution is 0.154. The third kappa shape index (κ3) is 3.26. The van der Waals surface area contributed by atoms with Crippen LogP contribution in [0.4, 0.5) is 4.39 Å². The number of rotatable bonds is 4. The van der Waals surface area contributed by atoms with E-state index in [1.807, 2.05) is 14.1 Å². The lowest BCUT2D eigenvalue weighted by atomic mass is 9.86. The Labute approximate surface area is 152 Å². The van der Waals surface area contributed by atoms with Gasteiger partial charge in [-0.3, -0.25) is 4.90 Å². The van der Waals surface area contributed by atoms with Gasteiger partial charge >= 0.3 is 0 Å². The van der Waals surface area contributed by atoms with E-state index in [9.17, 15) is 4.39 Å². The Kier molecular flexibility index (Phi) is 5.05. The molecule has 24 heavy (non-hydrogen) atoms. The molecule has 0 aromatic heterocycles. The highest BCUT2D eigenvalue weighted by Gasteiger charge is 2.40. The van der Waals surface area contributed by atoms with Crippen LogP contribution in [0.5, 0.6) is 11.5 Å². The molecule has 0 aliphatic heterocycles. The van der Waals surface area contributed by atoms with Gasteiger partial charge in [-0.05, 0) is 57.3 Å². The molecule has 2 aromatic rings. The van der Waals surface area contributed by atoms with Gasteiger partial charge in [-0.25, -0.2) is 4.39 Å². The molecule has 0 radical (unpaired) electrons. The van der Waals surface area contributed by atoms with Crippen molar-refractivity contribution in [2.45, 2.75) is 31.2 Å². The second-order valence-electron chi connectivity index (χ2n) is 6.45. The Morgan fingerprint density at radius 3 is 2.33 bits per heavy atom. The molecule has 0 heterocycles. The Bertz CT molecular complexity index is 742. The number of hydrogen-bond donors (Lipinski definition) is 0. The zero-order chi connectivity index (χ0) is 17.3. The normalized spacial score (nSPS) is 16.6. The second-order valence-corrected chi connectivity index (χ2v) is 7.27. The monoisotopic (exact) mass is 367 g/mol. The summed E-state index contributed by atoms with van der Waals surface area (Å²) in [6.07, 6.45) is 4.23. The van der Waals surface area contributed by atoms with E-state index in [0.717, 1.165) is 31.2 Å². The van der Waals surface area contributed by atoms with Crippen LogP contribution in [0.15, 0.2) is 36.4 Å². The topological polar surface area (TPSA) is 12.5 Å². The maximum absolute atomic E-state index is 14.0. The Hall–Kier alpha value is -1.29.